The number of amides is 3. The monoisotopic (exact) mass is 409 g/mol. The zero-order chi connectivity index (χ0) is 17.5. The van der Waals surface area contributed by atoms with Crippen molar-refractivity contribution in [3.05, 3.63) is 69.2 Å². The molecule has 0 aromatic heterocycles. The fourth-order valence-corrected chi connectivity index (χ4v) is 2.34. The topological polar surface area (TPSA) is 87.3 Å². The second-order valence-corrected chi connectivity index (χ2v) is 5.96. The molecule has 0 unspecified atom stereocenters. The highest BCUT2D eigenvalue weighted by atomic mass is 79.9. The van der Waals surface area contributed by atoms with Gasteiger partial charge >= 0.3 is 0 Å². The van der Waals surface area contributed by atoms with Gasteiger partial charge in [0.1, 0.15) is 0 Å². The second kappa shape index (κ2) is 8.47. The van der Waals surface area contributed by atoms with Gasteiger partial charge in [0.15, 0.2) is 0 Å². The highest BCUT2D eigenvalue weighted by molar-refractivity contribution is 9.10. The maximum absolute atomic E-state index is 11.9. The van der Waals surface area contributed by atoms with Crippen LogP contribution in [0.25, 0.3) is 0 Å². The Morgan fingerprint density at radius 3 is 2.25 bits per heavy atom. The van der Waals surface area contributed by atoms with Gasteiger partial charge in [-0.2, -0.15) is 0 Å². The third-order valence-electron chi connectivity index (χ3n) is 2.95. The van der Waals surface area contributed by atoms with Crippen molar-refractivity contribution in [1.82, 2.24) is 16.2 Å². The van der Waals surface area contributed by atoms with Gasteiger partial charge < -0.3 is 5.32 Å². The van der Waals surface area contributed by atoms with Crippen LogP contribution >= 0.6 is 27.5 Å². The summed E-state index contributed by atoms with van der Waals surface area (Å²) in [6.07, 6.45) is 0. The molecule has 0 spiro atoms. The van der Waals surface area contributed by atoms with Crippen molar-refractivity contribution >= 4 is 45.3 Å². The number of halogens is 2. The van der Waals surface area contributed by atoms with Gasteiger partial charge in [-0.1, -0.05) is 23.7 Å². The Labute approximate surface area is 151 Å². The molecule has 8 heteroatoms. The van der Waals surface area contributed by atoms with Gasteiger partial charge in [0.05, 0.1) is 12.1 Å². The zero-order valence-electron chi connectivity index (χ0n) is 12.3. The maximum atomic E-state index is 11.9. The lowest BCUT2D eigenvalue weighted by Gasteiger charge is -2.09. The molecular formula is C16H13BrClN3O3. The molecule has 2 rings (SSSR count). The Balaban J connectivity index is 1.79. The van der Waals surface area contributed by atoms with E-state index in [2.05, 4.69) is 32.1 Å². The Hall–Kier alpha value is -2.38. The van der Waals surface area contributed by atoms with Gasteiger partial charge in [-0.05, 0) is 52.3 Å². The van der Waals surface area contributed by atoms with Crippen LogP contribution in [-0.4, -0.2) is 24.3 Å². The molecule has 0 aliphatic carbocycles. The minimum Gasteiger partial charge on any atom is -0.343 e. The van der Waals surface area contributed by atoms with Crippen LogP contribution in [0, 0.1) is 0 Å². The molecule has 0 aliphatic heterocycles. The van der Waals surface area contributed by atoms with Crippen LogP contribution in [0.2, 0.25) is 5.02 Å². The van der Waals surface area contributed by atoms with Gasteiger partial charge in [-0.3, -0.25) is 25.2 Å². The van der Waals surface area contributed by atoms with E-state index < -0.39 is 17.7 Å². The van der Waals surface area contributed by atoms with E-state index in [1.165, 1.54) is 0 Å². The minimum absolute atomic E-state index is 0.280. The lowest BCUT2D eigenvalue weighted by molar-refractivity contribution is -0.120. The molecule has 0 radical (unpaired) electrons. The average Bonchev–Trinajstić information content (AvgIpc) is 2.58. The van der Waals surface area contributed by atoms with Crippen LogP contribution in [0.5, 0.6) is 0 Å². The average molecular weight is 411 g/mol. The Morgan fingerprint density at radius 1 is 0.917 bits per heavy atom. The molecule has 0 saturated heterocycles. The van der Waals surface area contributed by atoms with Crippen molar-refractivity contribution < 1.29 is 14.4 Å². The molecule has 2 aromatic rings. The molecule has 3 amide bonds. The smallest absolute Gasteiger partial charge is 0.270 e. The van der Waals surface area contributed by atoms with Crippen molar-refractivity contribution in [1.29, 1.82) is 0 Å². The lowest BCUT2D eigenvalue weighted by Crippen LogP contribution is -2.46. The van der Waals surface area contributed by atoms with E-state index in [9.17, 15) is 14.4 Å². The Bertz CT molecular complexity index is 765. The summed E-state index contributed by atoms with van der Waals surface area (Å²) in [5.74, 6) is -1.45. The molecule has 0 bridgehead atoms. The fraction of sp³-hybridized carbons (Fsp3) is 0.0625. The minimum atomic E-state index is -0.558. The quantitative estimate of drug-likeness (QED) is 0.676. The van der Waals surface area contributed by atoms with Crippen molar-refractivity contribution in [2.75, 3.05) is 6.54 Å². The number of carbonyl (C=O) groups is 3. The maximum Gasteiger partial charge on any atom is 0.270 e. The number of rotatable bonds is 4. The zero-order valence-corrected chi connectivity index (χ0v) is 14.6. The Kier molecular flexibility index (Phi) is 6.34. The fourth-order valence-electron chi connectivity index (χ4n) is 1.75. The van der Waals surface area contributed by atoms with Crippen LogP contribution < -0.4 is 16.2 Å². The summed E-state index contributed by atoms with van der Waals surface area (Å²) in [4.78, 5) is 35.4. The highest BCUT2D eigenvalue weighted by Crippen LogP contribution is 2.15. The van der Waals surface area contributed by atoms with E-state index in [0.29, 0.717) is 20.6 Å². The summed E-state index contributed by atoms with van der Waals surface area (Å²) in [6, 6.07) is 13.0. The molecule has 0 atom stereocenters. The summed E-state index contributed by atoms with van der Waals surface area (Å²) in [6.45, 7) is -0.280. The predicted molar refractivity (Wildman–Crippen MR) is 93.5 cm³/mol. The first kappa shape index (κ1) is 18.0. The largest absolute Gasteiger partial charge is 0.343 e. The van der Waals surface area contributed by atoms with Crippen molar-refractivity contribution in [3.8, 4) is 0 Å². The SMILES string of the molecule is O=C(CNC(=O)c1ccc(Cl)cc1)NNC(=O)c1ccccc1Br. The van der Waals surface area contributed by atoms with Crippen molar-refractivity contribution in [3.63, 3.8) is 0 Å². The summed E-state index contributed by atoms with van der Waals surface area (Å²) in [5, 5.41) is 2.95. The molecule has 0 aliphatic rings. The number of nitrogens with one attached hydrogen (secondary N) is 3. The normalized spacial score (nSPS) is 9.92. The molecule has 0 fully saturated rings. The van der Waals surface area contributed by atoms with Gasteiger partial charge in [-0.15, -0.1) is 0 Å². The lowest BCUT2D eigenvalue weighted by atomic mass is 10.2. The molecule has 3 N–H and O–H groups in total. The molecular weight excluding hydrogens is 398 g/mol. The number of carbonyl (C=O) groups excluding carboxylic acids is 3. The summed E-state index contributed by atoms with van der Waals surface area (Å²) in [5.41, 5.74) is 5.26. The third kappa shape index (κ3) is 5.07. The van der Waals surface area contributed by atoms with Crippen LogP contribution in [0.3, 0.4) is 0 Å². The van der Waals surface area contributed by atoms with Gasteiger partial charge in [0, 0.05) is 15.1 Å². The number of hydrogen-bond acceptors (Lipinski definition) is 3. The van der Waals surface area contributed by atoms with Gasteiger partial charge in [0.2, 0.25) is 0 Å². The Morgan fingerprint density at radius 2 is 1.58 bits per heavy atom. The summed E-state index contributed by atoms with van der Waals surface area (Å²) < 4.78 is 0.604. The number of benzene rings is 2. The molecule has 6 nitrogen and oxygen atoms in total. The third-order valence-corrected chi connectivity index (χ3v) is 3.89. The van der Waals surface area contributed by atoms with Crippen LogP contribution in [0.1, 0.15) is 20.7 Å². The van der Waals surface area contributed by atoms with Crippen LogP contribution in [-0.2, 0) is 4.79 Å². The van der Waals surface area contributed by atoms with E-state index in [1.807, 2.05) is 0 Å². The van der Waals surface area contributed by atoms with E-state index >= 15 is 0 Å². The van der Waals surface area contributed by atoms with E-state index in [1.54, 1.807) is 48.5 Å². The first-order valence-corrected chi connectivity index (χ1v) is 8.02. The van der Waals surface area contributed by atoms with Crippen molar-refractivity contribution in [2.24, 2.45) is 0 Å². The summed E-state index contributed by atoms with van der Waals surface area (Å²) >= 11 is 8.98. The van der Waals surface area contributed by atoms with Gasteiger partial charge in [-0.25, -0.2) is 0 Å². The van der Waals surface area contributed by atoms with Crippen LogP contribution in [0.4, 0.5) is 0 Å². The number of hydrazine groups is 1. The molecule has 24 heavy (non-hydrogen) atoms. The summed E-state index contributed by atoms with van der Waals surface area (Å²) in [7, 11) is 0. The van der Waals surface area contributed by atoms with Gasteiger partial charge in [0.25, 0.3) is 17.7 Å². The van der Waals surface area contributed by atoms with E-state index in [-0.39, 0.29) is 6.54 Å². The predicted octanol–water partition coefficient (Wildman–Crippen LogP) is 2.29. The molecule has 0 heterocycles. The first-order valence-electron chi connectivity index (χ1n) is 6.85. The van der Waals surface area contributed by atoms with E-state index in [0.717, 1.165) is 0 Å². The molecule has 124 valence electrons. The standard InChI is InChI=1S/C16H13BrClN3O3/c17-13-4-2-1-3-12(13)16(24)21-20-14(22)9-19-15(23)10-5-7-11(18)8-6-10/h1-8H,9H2,(H,19,23)(H,20,22)(H,21,24). The van der Waals surface area contributed by atoms with Crippen LogP contribution in [0.15, 0.2) is 53.0 Å². The highest BCUT2D eigenvalue weighted by Gasteiger charge is 2.11. The molecule has 0 saturated carbocycles. The second-order valence-electron chi connectivity index (χ2n) is 4.67. The molecule has 2 aromatic carbocycles. The first-order chi connectivity index (χ1) is 11.5. The number of hydrogen-bond donors (Lipinski definition) is 3. The van der Waals surface area contributed by atoms with Crippen molar-refractivity contribution in [2.45, 2.75) is 0 Å². The van der Waals surface area contributed by atoms with E-state index in [4.69, 9.17) is 11.6 Å².